The van der Waals surface area contributed by atoms with Crippen molar-refractivity contribution in [2.75, 3.05) is 12.4 Å². The number of para-hydroxylation sites is 2. The van der Waals surface area contributed by atoms with E-state index in [1.165, 1.54) is 13.2 Å². The second kappa shape index (κ2) is 10.1. The summed E-state index contributed by atoms with van der Waals surface area (Å²) in [7, 11) is 1.51. The first-order valence-electron chi connectivity index (χ1n) is 10.2. The molecule has 0 aliphatic rings. The summed E-state index contributed by atoms with van der Waals surface area (Å²) >= 11 is 0. The van der Waals surface area contributed by atoms with E-state index in [-0.39, 0.29) is 5.91 Å². The molecular weight excluding hydrogens is 418 g/mol. The summed E-state index contributed by atoms with van der Waals surface area (Å²) in [5.41, 5.74) is 2.69. The highest BCUT2D eigenvalue weighted by Crippen LogP contribution is 2.21. The predicted octanol–water partition coefficient (Wildman–Crippen LogP) is 4.75. The number of ether oxygens (including phenoxy) is 2. The van der Waals surface area contributed by atoms with Gasteiger partial charge in [0.05, 0.1) is 24.6 Å². The van der Waals surface area contributed by atoms with Gasteiger partial charge in [-0.3, -0.25) is 4.79 Å². The van der Waals surface area contributed by atoms with Crippen LogP contribution in [0.1, 0.15) is 15.9 Å². The number of benzene rings is 3. The zero-order valence-corrected chi connectivity index (χ0v) is 17.8. The number of carbonyl (C=O) groups is 2. The van der Waals surface area contributed by atoms with E-state index in [1.54, 1.807) is 65.5 Å². The minimum absolute atomic E-state index is 0.295. The van der Waals surface area contributed by atoms with Crippen molar-refractivity contribution in [3.05, 3.63) is 108 Å². The number of esters is 1. The molecule has 4 rings (SSSR count). The van der Waals surface area contributed by atoms with Crippen LogP contribution in [-0.4, -0.2) is 28.8 Å². The van der Waals surface area contributed by atoms with Gasteiger partial charge in [-0.15, -0.1) is 0 Å². The summed E-state index contributed by atoms with van der Waals surface area (Å²) in [4.78, 5) is 24.6. The molecule has 0 saturated heterocycles. The number of nitrogens with one attached hydrogen (secondary N) is 1. The second-order valence-electron chi connectivity index (χ2n) is 6.99. The van der Waals surface area contributed by atoms with E-state index >= 15 is 0 Å². The number of hydrogen-bond acceptors (Lipinski definition) is 5. The quantitative estimate of drug-likeness (QED) is 0.255. The fraction of sp³-hybridized carbons (Fsp3) is 0.0385. The van der Waals surface area contributed by atoms with Gasteiger partial charge in [0.25, 0.3) is 5.91 Å². The van der Waals surface area contributed by atoms with Gasteiger partial charge in [0.1, 0.15) is 11.5 Å². The first-order valence-corrected chi connectivity index (χ1v) is 10.2. The molecule has 0 spiro atoms. The van der Waals surface area contributed by atoms with Crippen LogP contribution in [0.5, 0.6) is 11.5 Å². The Kier molecular flexibility index (Phi) is 6.61. The number of methoxy groups -OCH3 is 1. The highest BCUT2D eigenvalue weighted by molar-refractivity contribution is 6.06. The zero-order valence-electron chi connectivity index (χ0n) is 17.8. The molecule has 164 valence electrons. The Bertz CT molecular complexity index is 1280. The number of carbonyl (C=O) groups excluding carboxylic acids is 2. The van der Waals surface area contributed by atoms with Crippen molar-refractivity contribution >= 4 is 23.6 Å². The van der Waals surface area contributed by atoms with Gasteiger partial charge < -0.3 is 14.8 Å². The summed E-state index contributed by atoms with van der Waals surface area (Å²) in [6, 6.07) is 23.2. The van der Waals surface area contributed by atoms with Gasteiger partial charge in [-0.2, -0.15) is 5.10 Å². The lowest BCUT2D eigenvalue weighted by Gasteiger charge is -2.09. The maximum absolute atomic E-state index is 12.5. The van der Waals surface area contributed by atoms with Crippen LogP contribution in [0.2, 0.25) is 0 Å². The van der Waals surface area contributed by atoms with Gasteiger partial charge in [-0.05, 0) is 54.6 Å². The molecule has 0 aliphatic carbocycles. The molecule has 1 heterocycles. The number of amides is 1. The van der Waals surface area contributed by atoms with Crippen molar-refractivity contribution < 1.29 is 19.1 Å². The summed E-state index contributed by atoms with van der Waals surface area (Å²) < 4.78 is 12.3. The lowest BCUT2D eigenvalue weighted by molar-refractivity contribution is -0.128. The molecular formula is C26H21N3O4. The summed E-state index contributed by atoms with van der Waals surface area (Å²) in [6.45, 7) is 0. The van der Waals surface area contributed by atoms with Crippen molar-refractivity contribution in [2.24, 2.45) is 0 Å². The molecule has 1 amide bonds. The SMILES string of the molecule is COc1ccccc1C(=O)Nc1ccc(OC(=O)/C=C/c2cnn(-c3ccccc3)c2)cc1. The lowest BCUT2D eigenvalue weighted by atomic mass is 10.2. The third-order valence-electron chi connectivity index (χ3n) is 4.72. The molecule has 33 heavy (non-hydrogen) atoms. The van der Waals surface area contributed by atoms with Crippen LogP contribution in [0, 0.1) is 0 Å². The Morgan fingerprint density at radius 3 is 2.42 bits per heavy atom. The zero-order chi connectivity index (χ0) is 23.0. The fourth-order valence-corrected chi connectivity index (χ4v) is 3.10. The van der Waals surface area contributed by atoms with Crippen LogP contribution in [0.15, 0.2) is 97.3 Å². The van der Waals surface area contributed by atoms with E-state index in [0.717, 1.165) is 11.3 Å². The summed E-state index contributed by atoms with van der Waals surface area (Å²) in [6.07, 6.45) is 6.45. The molecule has 7 heteroatoms. The van der Waals surface area contributed by atoms with Crippen LogP contribution < -0.4 is 14.8 Å². The van der Waals surface area contributed by atoms with Crippen molar-refractivity contribution in [3.8, 4) is 17.2 Å². The monoisotopic (exact) mass is 439 g/mol. The average molecular weight is 439 g/mol. The van der Waals surface area contributed by atoms with Gasteiger partial charge in [0, 0.05) is 23.5 Å². The van der Waals surface area contributed by atoms with E-state index in [1.807, 2.05) is 36.5 Å². The number of aromatic nitrogens is 2. The number of nitrogens with zero attached hydrogens (tertiary/aromatic N) is 2. The molecule has 0 radical (unpaired) electrons. The molecule has 0 aliphatic heterocycles. The van der Waals surface area contributed by atoms with E-state index in [4.69, 9.17) is 9.47 Å². The van der Waals surface area contributed by atoms with Crippen LogP contribution in [0.25, 0.3) is 11.8 Å². The number of rotatable bonds is 7. The largest absolute Gasteiger partial charge is 0.496 e. The maximum atomic E-state index is 12.5. The normalized spacial score (nSPS) is 10.7. The van der Waals surface area contributed by atoms with Crippen molar-refractivity contribution in [3.63, 3.8) is 0 Å². The second-order valence-corrected chi connectivity index (χ2v) is 6.99. The standard InChI is InChI=1S/C26H21N3O4/c1-32-24-10-6-5-9-23(24)26(31)28-20-12-14-22(15-13-20)33-25(30)16-11-19-17-27-29(18-19)21-7-3-2-4-8-21/h2-18H,1H3,(H,28,31)/b16-11+. The molecule has 4 aromatic rings. The summed E-state index contributed by atoms with van der Waals surface area (Å²) in [5.74, 6) is 0.0333. The molecule has 0 fully saturated rings. The highest BCUT2D eigenvalue weighted by atomic mass is 16.5. The van der Waals surface area contributed by atoms with E-state index in [9.17, 15) is 9.59 Å². The Labute approximate surface area is 190 Å². The smallest absolute Gasteiger partial charge is 0.336 e. The van der Waals surface area contributed by atoms with Crippen molar-refractivity contribution in [2.45, 2.75) is 0 Å². The Morgan fingerprint density at radius 2 is 1.67 bits per heavy atom. The number of anilines is 1. The van der Waals surface area contributed by atoms with Gasteiger partial charge in [0.15, 0.2) is 0 Å². The van der Waals surface area contributed by atoms with Crippen molar-refractivity contribution in [1.82, 2.24) is 9.78 Å². The molecule has 1 N–H and O–H groups in total. The van der Waals surface area contributed by atoms with Crippen LogP contribution in [-0.2, 0) is 4.79 Å². The van der Waals surface area contributed by atoms with E-state index in [0.29, 0.717) is 22.7 Å². The molecule has 0 atom stereocenters. The molecule has 0 unspecified atom stereocenters. The third-order valence-corrected chi connectivity index (χ3v) is 4.72. The molecule has 1 aromatic heterocycles. The van der Waals surface area contributed by atoms with Crippen LogP contribution in [0.3, 0.4) is 0 Å². The third kappa shape index (κ3) is 5.54. The summed E-state index contributed by atoms with van der Waals surface area (Å²) in [5, 5.41) is 7.08. The molecule has 0 saturated carbocycles. The molecule has 7 nitrogen and oxygen atoms in total. The Balaban J connectivity index is 1.34. The van der Waals surface area contributed by atoms with Gasteiger partial charge in [-0.1, -0.05) is 30.3 Å². The molecule has 3 aromatic carbocycles. The minimum Gasteiger partial charge on any atom is -0.496 e. The average Bonchev–Trinajstić information content (AvgIpc) is 3.34. The Morgan fingerprint density at radius 1 is 0.939 bits per heavy atom. The Hall–Kier alpha value is -4.65. The minimum atomic E-state index is -0.520. The van der Waals surface area contributed by atoms with Gasteiger partial charge >= 0.3 is 5.97 Å². The fourth-order valence-electron chi connectivity index (χ4n) is 3.10. The van der Waals surface area contributed by atoms with E-state index in [2.05, 4.69) is 10.4 Å². The maximum Gasteiger partial charge on any atom is 0.336 e. The predicted molar refractivity (Wildman–Crippen MR) is 126 cm³/mol. The van der Waals surface area contributed by atoms with E-state index < -0.39 is 5.97 Å². The van der Waals surface area contributed by atoms with Gasteiger partial charge in [-0.25, -0.2) is 9.48 Å². The lowest BCUT2D eigenvalue weighted by Crippen LogP contribution is -2.13. The number of hydrogen-bond donors (Lipinski definition) is 1. The first kappa shape index (κ1) is 21.6. The topological polar surface area (TPSA) is 82.4 Å². The highest BCUT2D eigenvalue weighted by Gasteiger charge is 2.11. The van der Waals surface area contributed by atoms with Crippen molar-refractivity contribution in [1.29, 1.82) is 0 Å². The molecule has 0 bridgehead atoms. The van der Waals surface area contributed by atoms with Gasteiger partial charge in [0.2, 0.25) is 0 Å². The van der Waals surface area contributed by atoms with Crippen LogP contribution in [0.4, 0.5) is 5.69 Å². The first-order chi connectivity index (χ1) is 16.1. The van der Waals surface area contributed by atoms with Crippen LogP contribution >= 0.6 is 0 Å².